The van der Waals surface area contributed by atoms with Crippen LogP contribution >= 0.6 is 15.9 Å². The van der Waals surface area contributed by atoms with Crippen LogP contribution in [0.3, 0.4) is 0 Å². The molecule has 1 aliphatic carbocycles. The average molecular weight is 354 g/mol. The summed E-state index contributed by atoms with van der Waals surface area (Å²) in [5.74, 6) is -0.690. The molecule has 1 aliphatic rings. The van der Waals surface area contributed by atoms with Gasteiger partial charge in [-0.05, 0) is 44.5 Å². The smallest absolute Gasteiger partial charge is 0.305 e. The number of aliphatic carboxylic acids is 1. The van der Waals surface area contributed by atoms with Gasteiger partial charge in [0.05, 0.1) is 6.42 Å². The lowest BCUT2D eigenvalue weighted by Gasteiger charge is -2.47. The first kappa shape index (κ1) is 16.5. The van der Waals surface area contributed by atoms with Gasteiger partial charge in [0, 0.05) is 16.1 Å². The second-order valence-corrected chi connectivity index (χ2v) is 7.11. The highest BCUT2D eigenvalue weighted by Crippen LogP contribution is 2.40. The van der Waals surface area contributed by atoms with E-state index in [4.69, 9.17) is 0 Å². The highest BCUT2D eigenvalue weighted by molar-refractivity contribution is 9.10. The molecule has 0 aliphatic heterocycles. The van der Waals surface area contributed by atoms with Crippen LogP contribution in [-0.2, 0) is 4.79 Å². The Hall–Kier alpha value is -0.870. The van der Waals surface area contributed by atoms with E-state index in [1.807, 2.05) is 12.1 Å². The highest BCUT2D eigenvalue weighted by atomic mass is 79.9. The number of carbonyl (C=O) groups is 1. The van der Waals surface area contributed by atoms with Crippen LogP contribution in [0.1, 0.15) is 57.1 Å². The Morgan fingerprint density at radius 2 is 2.05 bits per heavy atom. The van der Waals surface area contributed by atoms with E-state index in [0.717, 1.165) is 30.2 Å². The fourth-order valence-electron chi connectivity index (χ4n) is 3.55. The molecular weight excluding hydrogens is 330 g/mol. The molecule has 1 aromatic carbocycles. The predicted octanol–water partition coefficient (Wildman–Crippen LogP) is 4.62. The summed E-state index contributed by atoms with van der Waals surface area (Å²) in [5, 5.41) is 9.34. The number of hydrogen-bond donors (Lipinski definition) is 1. The van der Waals surface area contributed by atoms with Gasteiger partial charge in [0.25, 0.3) is 0 Å². The fourth-order valence-corrected chi connectivity index (χ4v) is 3.96. The van der Waals surface area contributed by atoms with Crippen LogP contribution in [0.2, 0.25) is 0 Å². The van der Waals surface area contributed by atoms with E-state index in [-0.39, 0.29) is 18.0 Å². The Morgan fingerprint density at radius 1 is 1.38 bits per heavy atom. The molecule has 3 nitrogen and oxygen atoms in total. The Morgan fingerprint density at radius 3 is 2.62 bits per heavy atom. The summed E-state index contributed by atoms with van der Waals surface area (Å²) in [6.07, 6.45) is 5.68. The topological polar surface area (TPSA) is 40.5 Å². The summed E-state index contributed by atoms with van der Waals surface area (Å²) < 4.78 is 1.07. The van der Waals surface area contributed by atoms with Crippen LogP contribution in [0.15, 0.2) is 28.7 Å². The van der Waals surface area contributed by atoms with Crippen molar-refractivity contribution in [1.29, 1.82) is 0 Å². The summed E-state index contributed by atoms with van der Waals surface area (Å²) in [6.45, 7) is 2.17. The molecule has 0 spiro atoms. The Labute approximate surface area is 135 Å². The molecule has 1 N–H and O–H groups in total. The normalized spacial score (nSPS) is 19.4. The largest absolute Gasteiger partial charge is 0.481 e. The number of carboxylic acid groups (broad SMARTS) is 1. The van der Waals surface area contributed by atoms with E-state index in [0.29, 0.717) is 0 Å². The molecule has 1 saturated carbocycles. The second kappa shape index (κ2) is 6.93. The number of halogens is 1. The summed E-state index contributed by atoms with van der Waals surface area (Å²) in [7, 11) is 2.08. The molecule has 0 saturated heterocycles. The van der Waals surface area contributed by atoms with Crippen molar-refractivity contribution >= 4 is 21.9 Å². The Kier molecular flexibility index (Phi) is 5.44. The average Bonchev–Trinajstić information content (AvgIpc) is 2.46. The van der Waals surface area contributed by atoms with Crippen molar-refractivity contribution in [2.24, 2.45) is 0 Å². The minimum atomic E-state index is -0.690. The Balaban J connectivity index is 2.24. The third-order valence-electron chi connectivity index (χ3n) is 4.92. The zero-order chi connectivity index (χ0) is 15.5. The van der Waals surface area contributed by atoms with E-state index >= 15 is 0 Å². The van der Waals surface area contributed by atoms with Crippen molar-refractivity contribution in [1.82, 2.24) is 4.90 Å². The summed E-state index contributed by atoms with van der Waals surface area (Å²) >= 11 is 3.52. The van der Waals surface area contributed by atoms with Crippen molar-refractivity contribution in [2.75, 3.05) is 7.05 Å². The molecule has 4 heteroatoms. The van der Waals surface area contributed by atoms with Crippen LogP contribution in [0.4, 0.5) is 0 Å². The van der Waals surface area contributed by atoms with Crippen molar-refractivity contribution in [2.45, 2.75) is 57.0 Å². The quantitative estimate of drug-likeness (QED) is 0.839. The van der Waals surface area contributed by atoms with Crippen molar-refractivity contribution in [3.63, 3.8) is 0 Å². The van der Waals surface area contributed by atoms with E-state index in [9.17, 15) is 9.90 Å². The lowest BCUT2D eigenvalue weighted by atomic mass is 9.77. The number of carboxylic acids is 1. The fraction of sp³-hybridized carbons (Fsp3) is 0.588. The molecule has 0 amide bonds. The molecule has 0 heterocycles. The first-order valence-corrected chi connectivity index (χ1v) is 8.44. The van der Waals surface area contributed by atoms with Crippen molar-refractivity contribution in [3.05, 3.63) is 34.3 Å². The molecule has 1 fully saturated rings. The van der Waals surface area contributed by atoms with E-state index in [1.54, 1.807) is 0 Å². The van der Waals surface area contributed by atoms with Crippen LogP contribution in [0, 0.1) is 0 Å². The lowest BCUT2D eigenvalue weighted by molar-refractivity contribution is -0.141. The molecule has 0 aromatic heterocycles. The van der Waals surface area contributed by atoms with Gasteiger partial charge in [-0.3, -0.25) is 9.69 Å². The number of nitrogens with zero attached hydrogens (tertiary/aromatic N) is 1. The first-order chi connectivity index (χ1) is 9.94. The van der Waals surface area contributed by atoms with E-state index in [2.05, 4.69) is 46.9 Å². The van der Waals surface area contributed by atoms with Crippen LogP contribution in [-0.4, -0.2) is 28.6 Å². The number of hydrogen-bond acceptors (Lipinski definition) is 2. The zero-order valence-corrected chi connectivity index (χ0v) is 14.4. The molecular formula is C17H24BrNO2. The summed E-state index contributed by atoms with van der Waals surface area (Å²) in [4.78, 5) is 13.6. The van der Waals surface area contributed by atoms with Gasteiger partial charge < -0.3 is 5.11 Å². The van der Waals surface area contributed by atoms with Gasteiger partial charge in [-0.2, -0.15) is 0 Å². The molecule has 1 unspecified atom stereocenters. The summed E-state index contributed by atoms with van der Waals surface area (Å²) in [6, 6.07) is 8.50. The standard InChI is InChI=1S/C17H24BrNO2/c1-13(14-7-6-8-15(18)11-14)19(2)17(12-16(20)21)9-4-3-5-10-17/h6-8,11,13H,3-5,9-10,12H2,1-2H3,(H,20,21). The lowest BCUT2D eigenvalue weighted by Crippen LogP contribution is -2.50. The summed E-state index contributed by atoms with van der Waals surface area (Å²) in [5.41, 5.74) is 1.02. The van der Waals surface area contributed by atoms with Crippen molar-refractivity contribution in [3.8, 4) is 0 Å². The maximum Gasteiger partial charge on any atom is 0.305 e. The minimum Gasteiger partial charge on any atom is -0.481 e. The maximum absolute atomic E-state index is 11.4. The monoisotopic (exact) mass is 353 g/mol. The minimum absolute atomic E-state index is 0.203. The van der Waals surface area contributed by atoms with Gasteiger partial charge in [0.1, 0.15) is 0 Å². The van der Waals surface area contributed by atoms with Crippen LogP contribution in [0.5, 0.6) is 0 Å². The first-order valence-electron chi connectivity index (χ1n) is 7.65. The predicted molar refractivity (Wildman–Crippen MR) is 88.4 cm³/mol. The van der Waals surface area contributed by atoms with Crippen molar-refractivity contribution < 1.29 is 9.90 Å². The van der Waals surface area contributed by atoms with Gasteiger partial charge in [0.15, 0.2) is 0 Å². The molecule has 116 valence electrons. The second-order valence-electron chi connectivity index (χ2n) is 6.20. The van der Waals surface area contributed by atoms with E-state index < -0.39 is 5.97 Å². The molecule has 0 radical (unpaired) electrons. The SMILES string of the molecule is CC(c1cccc(Br)c1)N(C)C1(CC(=O)O)CCCCC1. The molecule has 1 aromatic rings. The van der Waals surface area contributed by atoms with E-state index in [1.165, 1.54) is 12.0 Å². The van der Waals surface area contributed by atoms with Gasteiger partial charge in [-0.1, -0.05) is 47.3 Å². The molecule has 1 atom stereocenters. The van der Waals surface area contributed by atoms with Gasteiger partial charge in [-0.15, -0.1) is 0 Å². The molecule has 2 rings (SSSR count). The van der Waals surface area contributed by atoms with Gasteiger partial charge in [0.2, 0.25) is 0 Å². The maximum atomic E-state index is 11.4. The van der Waals surface area contributed by atoms with Gasteiger partial charge >= 0.3 is 5.97 Å². The van der Waals surface area contributed by atoms with Crippen LogP contribution < -0.4 is 0 Å². The highest BCUT2D eigenvalue weighted by Gasteiger charge is 2.40. The number of benzene rings is 1. The third-order valence-corrected chi connectivity index (χ3v) is 5.42. The van der Waals surface area contributed by atoms with Crippen LogP contribution in [0.25, 0.3) is 0 Å². The number of rotatable bonds is 5. The molecule has 21 heavy (non-hydrogen) atoms. The zero-order valence-electron chi connectivity index (χ0n) is 12.8. The third kappa shape index (κ3) is 3.86. The Bertz CT molecular complexity index is 497. The van der Waals surface area contributed by atoms with Gasteiger partial charge in [-0.25, -0.2) is 0 Å². The molecule has 0 bridgehead atoms.